The Bertz CT molecular complexity index is 1060. The molecule has 1 heterocycles. The molecule has 0 fully saturated rings. The number of nitrogens with zero attached hydrogens (tertiary/aromatic N) is 2. The summed E-state index contributed by atoms with van der Waals surface area (Å²) in [4.78, 5) is 4.87. The molecule has 0 aliphatic heterocycles. The Hall–Kier alpha value is -2.91. The van der Waals surface area contributed by atoms with E-state index in [0.717, 1.165) is 47.4 Å². The van der Waals surface area contributed by atoms with Crippen LogP contribution in [0.2, 0.25) is 0 Å². The van der Waals surface area contributed by atoms with E-state index in [1.807, 2.05) is 18.2 Å². The highest BCUT2D eigenvalue weighted by atomic mass is 16.3. The van der Waals surface area contributed by atoms with Gasteiger partial charge >= 0.3 is 0 Å². The van der Waals surface area contributed by atoms with Crippen molar-refractivity contribution in [1.29, 1.82) is 0 Å². The monoisotopic (exact) mass is 370 g/mol. The van der Waals surface area contributed by atoms with Crippen molar-refractivity contribution in [1.82, 2.24) is 9.55 Å². The molecule has 0 aliphatic carbocycles. The van der Waals surface area contributed by atoms with Gasteiger partial charge in [0.05, 0.1) is 17.6 Å². The number of para-hydroxylation sites is 2. The third kappa shape index (κ3) is 3.71. The molecule has 1 aromatic heterocycles. The van der Waals surface area contributed by atoms with E-state index in [9.17, 15) is 5.11 Å². The fourth-order valence-corrected chi connectivity index (χ4v) is 3.74. The van der Waals surface area contributed by atoms with Crippen LogP contribution in [0.1, 0.15) is 36.7 Å². The van der Waals surface area contributed by atoms with E-state index in [-0.39, 0.29) is 6.61 Å². The van der Waals surface area contributed by atoms with Gasteiger partial charge in [-0.05, 0) is 40.8 Å². The zero-order valence-corrected chi connectivity index (χ0v) is 16.3. The maximum absolute atomic E-state index is 9.60. The molecule has 4 aromatic rings. The summed E-state index contributed by atoms with van der Waals surface area (Å²) in [6, 6.07) is 25.1. The smallest absolute Gasteiger partial charge is 0.110 e. The maximum Gasteiger partial charge on any atom is 0.110 e. The Kier molecular flexibility index (Phi) is 5.54. The van der Waals surface area contributed by atoms with Crippen molar-refractivity contribution < 1.29 is 5.11 Å². The third-order valence-corrected chi connectivity index (χ3v) is 5.28. The molecule has 0 radical (unpaired) electrons. The Morgan fingerprint density at radius 3 is 2.43 bits per heavy atom. The van der Waals surface area contributed by atoms with Gasteiger partial charge < -0.3 is 9.67 Å². The second kappa shape index (κ2) is 8.41. The molecule has 0 saturated heterocycles. The van der Waals surface area contributed by atoms with Gasteiger partial charge in [0, 0.05) is 13.0 Å². The van der Waals surface area contributed by atoms with Crippen molar-refractivity contribution in [2.75, 3.05) is 0 Å². The van der Waals surface area contributed by atoms with Crippen LogP contribution in [0.4, 0.5) is 0 Å². The summed E-state index contributed by atoms with van der Waals surface area (Å²) in [7, 11) is 0. The minimum Gasteiger partial charge on any atom is -0.392 e. The van der Waals surface area contributed by atoms with Gasteiger partial charge in [-0.3, -0.25) is 0 Å². The second-order valence-electron chi connectivity index (χ2n) is 7.22. The summed E-state index contributed by atoms with van der Waals surface area (Å²) in [6.45, 7) is 3.09. The Balaban J connectivity index is 1.64. The quantitative estimate of drug-likeness (QED) is 0.461. The van der Waals surface area contributed by atoms with Gasteiger partial charge in [-0.1, -0.05) is 74.0 Å². The number of fused-ring (bicyclic) bond motifs is 1. The van der Waals surface area contributed by atoms with Gasteiger partial charge in [0.1, 0.15) is 5.82 Å². The number of hydrogen-bond acceptors (Lipinski definition) is 2. The first-order valence-electron chi connectivity index (χ1n) is 10.0. The summed E-state index contributed by atoms with van der Waals surface area (Å²) in [5, 5.41) is 9.60. The molecule has 0 bridgehead atoms. The fraction of sp³-hybridized carbons (Fsp3) is 0.240. The summed E-state index contributed by atoms with van der Waals surface area (Å²) >= 11 is 0. The van der Waals surface area contributed by atoms with Crippen molar-refractivity contribution in [2.24, 2.45) is 0 Å². The number of benzene rings is 3. The zero-order valence-electron chi connectivity index (χ0n) is 16.3. The molecule has 142 valence electrons. The van der Waals surface area contributed by atoms with E-state index >= 15 is 0 Å². The molecule has 0 amide bonds. The SMILES string of the molecule is CCCCc1nc2ccccc2n1Cc1ccc(-c2ccccc2CO)cc1. The molecule has 3 aromatic carbocycles. The number of aryl methyl sites for hydroxylation is 1. The number of aromatic nitrogens is 2. The lowest BCUT2D eigenvalue weighted by Gasteiger charge is -2.11. The summed E-state index contributed by atoms with van der Waals surface area (Å²) < 4.78 is 2.35. The van der Waals surface area contributed by atoms with E-state index in [4.69, 9.17) is 4.98 Å². The van der Waals surface area contributed by atoms with Crippen LogP contribution in [0.3, 0.4) is 0 Å². The van der Waals surface area contributed by atoms with Crippen LogP contribution in [0.25, 0.3) is 22.2 Å². The van der Waals surface area contributed by atoms with E-state index in [2.05, 4.69) is 66.1 Å². The maximum atomic E-state index is 9.60. The number of unbranched alkanes of at least 4 members (excludes halogenated alkanes) is 1. The van der Waals surface area contributed by atoms with Crippen molar-refractivity contribution >= 4 is 11.0 Å². The fourth-order valence-electron chi connectivity index (χ4n) is 3.74. The zero-order chi connectivity index (χ0) is 19.3. The average Bonchev–Trinajstić information content (AvgIpc) is 3.10. The standard InChI is InChI=1S/C25H26N2O/c1-2-3-12-25-26-23-10-6-7-11-24(23)27(25)17-19-13-15-20(16-14-19)22-9-5-4-8-21(22)18-28/h4-11,13-16,28H,2-3,12,17-18H2,1H3. The van der Waals surface area contributed by atoms with Gasteiger partial charge in [-0.25, -0.2) is 4.98 Å². The first-order valence-corrected chi connectivity index (χ1v) is 10.0. The molecular weight excluding hydrogens is 344 g/mol. The second-order valence-corrected chi connectivity index (χ2v) is 7.22. The molecule has 0 aliphatic rings. The number of imidazole rings is 1. The number of aliphatic hydroxyl groups is 1. The van der Waals surface area contributed by atoms with Crippen LogP contribution in [-0.4, -0.2) is 14.7 Å². The average molecular weight is 370 g/mol. The number of hydrogen-bond donors (Lipinski definition) is 1. The molecule has 1 N–H and O–H groups in total. The van der Waals surface area contributed by atoms with Crippen LogP contribution in [0.5, 0.6) is 0 Å². The molecule has 3 nitrogen and oxygen atoms in total. The van der Waals surface area contributed by atoms with Gasteiger partial charge in [-0.15, -0.1) is 0 Å². The van der Waals surface area contributed by atoms with Crippen LogP contribution in [-0.2, 0) is 19.6 Å². The van der Waals surface area contributed by atoms with E-state index < -0.39 is 0 Å². The van der Waals surface area contributed by atoms with E-state index in [1.165, 1.54) is 17.5 Å². The van der Waals surface area contributed by atoms with E-state index in [0.29, 0.717) is 0 Å². The van der Waals surface area contributed by atoms with Crippen LogP contribution in [0, 0.1) is 0 Å². The molecule has 3 heteroatoms. The first-order chi connectivity index (χ1) is 13.8. The normalized spacial score (nSPS) is 11.2. The van der Waals surface area contributed by atoms with Crippen molar-refractivity contribution in [2.45, 2.75) is 39.3 Å². The van der Waals surface area contributed by atoms with Gasteiger partial charge in [0.25, 0.3) is 0 Å². The Morgan fingerprint density at radius 1 is 0.893 bits per heavy atom. The predicted molar refractivity (Wildman–Crippen MR) is 115 cm³/mol. The minimum absolute atomic E-state index is 0.0553. The lowest BCUT2D eigenvalue weighted by atomic mass is 9.99. The lowest BCUT2D eigenvalue weighted by molar-refractivity contribution is 0.282. The largest absolute Gasteiger partial charge is 0.392 e. The molecule has 0 unspecified atom stereocenters. The molecule has 0 spiro atoms. The molecular formula is C25H26N2O. The summed E-state index contributed by atoms with van der Waals surface area (Å²) in [6.07, 6.45) is 3.33. The van der Waals surface area contributed by atoms with Crippen molar-refractivity contribution in [3.63, 3.8) is 0 Å². The van der Waals surface area contributed by atoms with Crippen LogP contribution < -0.4 is 0 Å². The highest BCUT2D eigenvalue weighted by Gasteiger charge is 2.11. The molecule has 4 rings (SSSR count). The Labute approximate surface area is 166 Å². The lowest BCUT2D eigenvalue weighted by Crippen LogP contribution is -2.05. The van der Waals surface area contributed by atoms with Crippen molar-refractivity contribution in [3.8, 4) is 11.1 Å². The third-order valence-electron chi connectivity index (χ3n) is 5.28. The minimum atomic E-state index is 0.0553. The number of aliphatic hydroxyl groups excluding tert-OH is 1. The van der Waals surface area contributed by atoms with Gasteiger partial charge in [0.15, 0.2) is 0 Å². The van der Waals surface area contributed by atoms with Gasteiger partial charge in [-0.2, -0.15) is 0 Å². The van der Waals surface area contributed by atoms with Crippen LogP contribution >= 0.6 is 0 Å². The van der Waals surface area contributed by atoms with E-state index in [1.54, 1.807) is 0 Å². The van der Waals surface area contributed by atoms with Gasteiger partial charge in [0.2, 0.25) is 0 Å². The highest BCUT2D eigenvalue weighted by Crippen LogP contribution is 2.25. The predicted octanol–water partition coefficient (Wildman–Crippen LogP) is 5.59. The Morgan fingerprint density at radius 2 is 1.64 bits per heavy atom. The molecule has 0 saturated carbocycles. The van der Waals surface area contributed by atoms with Crippen LogP contribution in [0.15, 0.2) is 72.8 Å². The summed E-state index contributed by atoms with van der Waals surface area (Å²) in [5.74, 6) is 1.16. The molecule has 0 atom stereocenters. The topological polar surface area (TPSA) is 38.0 Å². The number of rotatable bonds is 7. The van der Waals surface area contributed by atoms with Crippen molar-refractivity contribution in [3.05, 3.63) is 89.7 Å². The molecule has 28 heavy (non-hydrogen) atoms. The highest BCUT2D eigenvalue weighted by molar-refractivity contribution is 5.76. The summed E-state index contributed by atoms with van der Waals surface area (Å²) in [5.41, 5.74) is 6.71. The first kappa shape index (κ1) is 18.5.